The smallest absolute Gasteiger partial charge is 0.234 e. The molecule has 1 aromatic heterocycles. The van der Waals surface area contributed by atoms with Crippen molar-refractivity contribution >= 4 is 23.4 Å². The third-order valence-corrected chi connectivity index (χ3v) is 5.35. The van der Waals surface area contributed by atoms with Crippen LogP contribution in [0.5, 0.6) is 5.75 Å². The van der Waals surface area contributed by atoms with Crippen LogP contribution in [0, 0.1) is 13.8 Å². The van der Waals surface area contributed by atoms with E-state index in [0.717, 1.165) is 16.8 Å². The maximum absolute atomic E-state index is 12.4. The Hall–Kier alpha value is -3.06. The van der Waals surface area contributed by atoms with E-state index in [1.807, 2.05) is 42.7 Å². The maximum Gasteiger partial charge on any atom is 0.234 e. The van der Waals surface area contributed by atoms with Gasteiger partial charge in [0.1, 0.15) is 5.75 Å². The molecule has 6 nitrogen and oxygen atoms in total. The van der Waals surface area contributed by atoms with Crippen molar-refractivity contribution in [2.24, 2.45) is 0 Å². The third kappa shape index (κ3) is 4.26. The number of hydrogen-bond donors (Lipinski definition) is 2. The van der Waals surface area contributed by atoms with E-state index in [9.17, 15) is 9.90 Å². The molecule has 0 aliphatic carbocycles. The number of aryl methyl sites for hydroxylation is 1. The summed E-state index contributed by atoms with van der Waals surface area (Å²) in [5, 5.41) is 22.1. The fourth-order valence-electron chi connectivity index (χ4n) is 2.75. The van der Waals surface area contributed by atoms with Crippen LogP contribution in [0.2, 0.25) is 0 Å². The Morgan fingerprint density at radius 2 is 2.00 bits per heavy atom. The first-order valence-corrected chi connectivity index (χ1v) is 9.81. The molecule has 144 valence electrons. The molecule has 0 aliphatic rings. The van der Waals surface area contributed by atoms with Crippen LogP contribution in [0.15, 0.2) is 60.3 Å². The molecule has 0 aliphatic heterocycles. The van der Waals surface area contributed by atoms with Gasteiger partial charge < -0.3 is 10.4 Å². The van der Waals surface area contributed by atoms with Gasteiger partial charge in [0.05, 0.1) is 11.3 Å². The standard InChI is InChI=1S/C21H22N4O2S/c1-4-12-25-20(16-9-5-6-11-18(16)26)23-24-21(25)28-13-19(27)22-17-10-7-8-14(2)15(17)3/h4-11,26H,1,12-13H2,2-3H3,(H,22,27). The number of rotatable bonds is 7. The number of nitrogens with one attached hydrogen (secondary N) is 1. The second-order valence-electron chi connectivity index (χ2n) is 6.31. The van der Waals surface area contributed by atoms with Gasteiger partial charge >= 0.3 is 0 Å². The average Bonchev–Trinajstić information content (AvgIpc) is 3.07. The van der Waals surface area contributed by atoms with Gasteiger partial charge in [-0.25, -0.2) is 0 Å². The van der Waals surface area contributed by atoms with E-state index < -0.39 is 0 Å². The van der Waals surface area contributed by atoms with Gasteiger partial charge in [0.15, 0.2) is 11.0 Å². The Morgan fingerprint density at radius 1 is 1.21 bits per heavy atom. The van der Waals surface area contributed by atoms with E-state index in [2.05, 4.69) is 22.1 Å². The Bertz CT molecular complexity index is 1010. The number of phenols is 1. The van der Waals surface area contributed by atoms with Gasteiger partial charge in [0, 0.05) is 12.2 Å². The van der Waals surface area contributed by atoms with Crippen LogP contribution < -0.4 is 5.32 Å². The lowest BCUT2D eigenvalue weighted by molar-refractivity contribution is -0.113. The summed E-state index contributed by atoms with van der Waals surface area (Å²) in [5.41, 5.74) is 3.58. The molecule has 0 fully saturated rings. The molecule has 0 bridgehead atoms. The van der Waals surface area contributed by atoms with E-state index in [4.69, 9.17) is 0 Å². The zero-order valence-electron chi connectivity index (χ0n) is 15.8. The number of aromatic hydroxyl groups is 1. The van der Waals surface area contributed by atoms with Gasteiger partial charge in [-0.2, -0.15) is 0 Å². The highest BCUT2D eigenvalue weighted by atomic mass is 32.2. The highest BCUT2D eigenvalue weighted by Crippen LogP contribution is 2.30. The SMILES string of the molecule is C=CCn1c(SCC(=O)Nc2cccc(C)c2C)nnc1-c1ccccc1O. The second-order valence-corrected chi connectivity index (χ2v) is 7.25. The average molecular weight is 395 g/mol. The Morgan fingerprint density at radius 3 is 2.75 bits per heavy atom. The van der Waals surface area contributed by atoms with E-state index in [-0.39, 0.29) is 17.4 Å². The van der Waals surface area contributed by atoms with Crippen molar-refractivity contribution in [1.82, 2.24) is 14.8 Å². The summed E-state index contributed by atoms with van der Waals surface area (Å²) >= 11 is 1.29. The summed E-state index contributed by atoms with van der Waals surface area (Å²) in [4.78, 5) is 12.4. The minimum atomic E-state index is -0.115. The monoisotopic (exact) mass is 394 g/mol. The molecule has 2 aromatic carbocycles. The number of aromatic nitrogens is 3. The van der Waals surface area contributed by atoms with Crippen molar-refractivity contribution in [3.8, 4) is 17.1 Å². The Kier molecular flexibility index (Phi) is 6.16. The quantitative estimate of drug-likeness (QED) is 0.464. The highest BCUT2D eigenvalue weighted by molar-refractivity contribution is 7.99. The summed E-state index contributed by atoms with van der Waals surface area (Å²) in [5.74, 6) is 0.750. The third-order valence-electron chi connectivity index (χ3n) is 4.38. The molecule has 0 unspecified atom stereocenters. The lowest BCUT2D eigenvalue weighted by atomic mass is 10.1. The molecule has 0 saturated heterocycles. The molecule has 7 heteroatoms. The summed E-state index contributed by atoms with van der Waals surface area (Å²) in [6.45, 7) is 8.24. The number of allylic oxidation sites excluding steroid dienone is 1. The summed E-state index contributed by atoms with van der Waals surface area (Å²) in [6, 6.07) is 12.8. The van der Waals surface area contributed by atoms with Crippen molar-refractivity contribution in [2.75, 3.05) is 11.1 Å². The number of benzene rings is 2. The lowest BCUT2D eigenvalue weighted by Gasteiger charge is -2.11. The first-order valence-electron chi connectivity index (χ1n) is 8.82. The molecule has 0 saturated carbocycles. The fraction of sp³-hybridized carbons (Fsp3) is 0.190. The number of carbonyl (C=O) groups excluding carboxylic acids is 1. The predicted octanol–water partition coefficient (Wildman–Crippen LogP) is 4.18. The number of thioether (sulfide) groups is 1. The summed E-state index contributed by atoms with van der Waals surface area (Å²) < 4.78 is 1.83. The predicted molar refractivity (Wildman–Crippen MR) is 113 cm³/mol. The van der Waals surface area contributed by atoms with Crippen LogP contribution in [-0.2, 0) is 11.3 Å². The summed E-state index contributed by atoms with van der Waals surface area (Å²) in [6.07, 6.45) is 1.73. The van der Waals surface area contributed by atoms with Crippen LogP contribution in [0.25, 0.3) is 11.4 Å². The van der Waals surface area contributed by atoms with Crippen LogP contribution >= 0.6 is 11.8 Å². The molecule has 1 amide bonds. The zero-order chi connectivity index (χ0) is 20.1. The van der Waals surface area contributed by atoms with Gasteiger partial charge in [-0.3, -0.25) is 9.36 Å². The number of carbonyl (C=O) groups is 1. The molecule has 2 N–H and O–H groups in total. The number of para-hydroxylation sites is 1. The molecule has 1 heterocycles. The van der Waals surface area contributed by atoms with Gasteiger partial charge in [0.2, 0.25) is 5.91 Å². The molecule has 28 heavy (non-hydrogen) atoms. The number of amides is 1. The fourth-order valence-corrected chi connectivity index (χ4v) is 3.50. The molecule has 3 rings (SSSR count). The van der Waals surface area contributed by atoms with Crippen LogP contribution in [-0.4, -0.2) is 31.5 Å². The van der Waals surface area contributed by atoms with E-state index in [0.29, 0.717) is 23.1 Å². The van der Waals surface area contributed by atoms with E-state index in [1.165, 1.54) is 11.8 Å². The molecule has 3 aromatic rings. The van der Waals surface area contributed by atoms with Crippen molar-refractivity contribution in [3.63, 3.8) is 0 Å². The minimum Gasteiger partial charge on any atom is -0.507 e. The molecule has 0 radical (unpaired) electrons. The number of nitrogens with zero attached hydrogens (tertiary/aromatic N) is 3. The van der Waals surface area contributed by atoms with Crippen molar-refractivity contribution in [3.05, 3.63) is 66.2 Å². The number of hydrogen-bond acceptors (Lipinski definition) is 5. The second kappa shape index (κ2) is 8.75. The Balaban J connectivity index is 1.75. The Labute approximate surface area is 168 Å². The first kappa shape index (κ1) is 19.7. The maximum atomic E-state index is 12.4. The van der Waals surface area contributed by atoms with E-state index >= 15 is 0 Å². The van der Waals surface area contributed by atoms with Gasteiger partial charge in [-0.15, -0.1) is 16.8 Å². The van der Waals surface area contributed by atoms with Crippen LogP contribution in [0.1, 0.15) is 11.1 Å². The van der Waals surface area contributed by atoms with Gasteiger partial charge in [-0.05, 0) is 43.2 Å². The number of anilines is 1. The zero-order valence-corrected chi connectivity index (χ0v) is 16.7. The molecular weight excluding hydrogens is 372 g/mol. The minimum absolute atomic E-state index is 0.115. The van der Waals surface area contributed by atoms with Crippen molar-refractivity contribution in [1.29, 1.82) is 0 Å². The summed E-state index contributed by atoms with van der Waals surface area (Å²) in [7, 11) is 0. The van der Waals surface area contributed by atoms with Crippen LogP contribution in [0.4, 0.5) is 5.69 Å². The van der Waals surface area contributed by atoms with Crippen molar-refractivity contribution < 1.29 is 9.90 Å². The lowest BCUT2D eigenvalue weighted by Crippen LogP contribution is -2.15. The molecular formula is C21H22N4O2S. The topological polar surface area (TPSA) is 80.0 Å². The normalized spacial score (nSPS) is 10.6. The van der Waals surface area contributed by atoms with E-state index in [1.54, 1.807) is 24.3 Å². The number of phenolic OH excluding ortho intramolecular Hbond substituents is 1. The largest absolute Gasteiger partial charge is 0.507 e. The first-order chi connectivity index (χ1) is 13.5. The van der Waals surface area contributed by atoms with Crippen LogP contribution in [0.3, 0.4) is 0 Å². The van der Waals surface area contributed by atoms with Crippen molar-refractivity contribution in [2.45, 2.75) is 25.5 Å². The molecule has 0 spiro atoms. The van der Waals surface area contributed by atoms with Gasteiger partial charge in [-0.1, -0.05) is 42.1 Å². The van der Waals surface area contributed by atoms with Gasteiger partial charge in [0.25, 0.3) is 0 Å². The molecule has 0 atom stereocenters. The highest BCUT2D eigenvalue weighted by Gasteiger charge is 2.17.